The predicted octanol–water partition coefficient (Wildman–Crippen LogP) is 0.919. The normalized spacial score (nSPS) is 26.9. The first-order chi connectivity index (χ1) is 10.3. The Morgan fingerprint density at radius 1 is 1.27 bits per heavy atom. The van der Waals surface area contributed by atoms with Crippen LogP contribution in [-0.2, 0) is 30.4 Å². The summed E-state index contributed by atoms with van der Waals surface area (Å²) in [5.41, 5.74) is -1.67. The number of amides is 1. The van der Waals surface area contributed by atoms with Gasteiger partial charge in [0.05, 0.1) is 4.90 Å². The maximum absolute atomic E-state index is 12.3. The molecule has 0 radical (unpaired) electrons. The molecule has 8 nitrogen and oxygen atoms in total. The summed E-state index contributed by atoms with van der Waals surface area (Å²) in [6, 6.07) is 5.54. The predicted molar refractivity (Wildman–Crippen MR) is 71.2 cm³/mol. The van der Waals surface area contributed by atoms with Gasteiger partial charge in [0.15, 0.2) is 0 Å². The van der Waals surface area contributed by atoms with Crippen LogP contribution in [-0.4, -0.2) is 42.8 Å². The van der Waals surface area contributed by atoms with Crippen LogP contribution in [0.4, 0.5) is 4.79 Å². The first kappa shape index (κ1) is 14.8. The van der Waals surface area contributed by atoms with Crippen molar-refractivity contribution in [3.05, 3.63) is 29.8 Å². The summed E-state index contributed by atoms with van der Waals surface area (Å²) in [5, 5.41) is 9.48. The number of nitrogens with zero attached hydrogens (tertiary/aromatic N) is 1. The van der Waals surface area contributed by atoms with Gasteiger partial charge < -0.3 is 9.84 Å². The van der Waals surface area contributed by atoms with Gasteiger partial charge in [-0.2, -0.15) is 8.42 Å². The number of aliphatic carboxylic acids is 1. The van der Waals surface area contributed by atoms with Crippen molar-refractivity contribution in [2.45, 2.75) is 30.1 Å². The second-order valence-corrected chi connectivity index (χ2v) is 6.63. The highest BCUT2D eigenvalue weighted by Gasteiger charge is 2.55. The van der Waals surface area contributed by atoms with Crippen molar-refractivity contribution < 1.29 is 32.0 Å². The molecule has 9 heteroatoms. The number of carbonyl (C=O) groups is 2. The van der Waals surface area contributed by atoms with Crippen molar-refractivity contribution in [2.75, 3.05) is 6.54 Å². The van der Waals surface area contributed by atoms with Gasteiger partial charge in [-0.25, -0.2) is 13.8 Å². The molecule has 0 aliphatic carbocycles. The van der Waals surface area contributed by atoms with E-state index in [2.05, 4.69) is 0 Å². The third-order valence-electron chi connectivity index (χ3n) is 3.71. The van der Waals surface area contributed by atoms with Crippen LogP contribution in [0.1, 0.15) is 18.4 Å². The molecule has 1 atom stereocenters. The molecule has 1 amide bonds. The maximum Gasteiger partial charge on any atom is 0.412 e. The molecule has 118 valence electrons. The zero-order valence-corrected chi connectivity index (χ0v) is 12.2. The highest BCUT2D eigenvalue weighted by molar-refractivity contribution is 7.86. The van der Waals surface area contributed by atoms with Gasteiger partial charge in [-0.1, -0.05) is 12.1 Å². The van der Waals surface area contributed by atoms with E-state index in [1.165, 1.54) is 24.3 Å². The van der Waals surface area contributed by atoms with Gasteiger partial charge in [-0.15, -0.1) is 0 Å². The van der Waals surface area contributed by atoms with E-state index in [4.69, 9.17) is 8.92 Å². The number of carboxylic acid groups (broad SMARTS) is 1. The third kappa shape index (κ3) is 2.22. The second kappa shape index (κ2) is 4.96. The summed E-state index contributed by atoms with van der Waals surface area (Å²) < 4.78 is 34.7. The van der Waals surface area contributed by atoms with Gasteiger partial charge in [0.25, 0.3) is 15.8 Å². The second-order valence-electron chi connectivity index (χ2n) is 5.08. The molecule has 1 aromatic carbocycles. The summed E-state index contributed by atoms with van der Waals surface area (Å²) >= 11 is 0. The molecule has 0 saturated carbocycles. The van der Waals surface area contributed by atoms with Crippen molar-refractivity contribution in [3.63, 3.8) is 0 Å². The van der Waals surface area contributed by atoms with E-state index >= 15 is 0 Å². The monoisotopic (exact) mass is 327 g/mol. The van der Waals surface area contributed by atoms with E-state index < -0.39 is 27.9 Å². The summed E-state index contributed by atoms with van der Waals surface area (Å²) in [6.45, 7) is -0.0302. The molecule has 0 aromatic heterocycles. The fourth-order valence-corrected chi connectivity index (χ4v) is 3.75. The molecule has 1 fully saturated rings. The highest BCUT2D eigenvalue weighted by Crippen LogP contribution is 2.35. The smallest absolute Gasteiger partial charge is 0.412 e. The Kier molecular flexibility index (Phi) is 3.33. The third-order valence-corrected chi connectivity index (χ3v) is 5.05. The van der Waals surface area contributed by atoms with Crippen LogP contribution in [0.5, 0.6) is 0 Å². The molecule has 1 saturated heterocycles. The minimum atomic E-state index is -4.33. The first-order valence-electron chi connectivity index (χ1n) is 6.57. The van der Waals surface area contributed by atoms with Crippen LogP contribution in [0.3, 0.4) is 0 Å². The topological polar surface area (TPSA) is 110 Å². The maximum atomic E-state index is 12.3. The number of fused-ring (bicyclic) bond motifs is 5. The highest BCUT2D eigenvalue weighted by atomic mass is 32.2. The Balaban J connectivity index is 2.15. The molecule has 3 heterocycles. The van der Waals surface area contributed by atoms with Crippen molar-refractivity contribution in [1.29, 1.82) is 0 Å². The van der Waals surface area contributed by atoms with E-state index in [9.17, 15) is 23.1 Å². The number of carbonyl (C=O) groups excluding carboxylic acids is 1. The average Bonchev–Trinajstić information content (AvgIpc) is 2.88. The zero-order valence-electron chi connectivity index (χ0n) is 11.4. The van der Waals surface area contributed by atoms with Crippen molar-refractivity contribution in [3.8, 4) is 0 Å². The SMILES string of the molecule is O=C1OCc2ccc(cc2)S(=O)(=O)O[C@]2(C(=O)O)CCCN12. The van der Waals surface area contributed by atoms with Crippen LogP contribution >= 0.6 is 0 Å². The van der Waals surface area contributed by atoms with Gasteiger partial charge in [-0.05, 0) is 24.1 Å². The molecule has 22 heavy (non-hydrogen) atoms. The lowest BCUT2D eigenvalue weighted by molar-refractivity contribution is -0.167. The number of hydrogen-bond donors (Lipinski definition) is 1. The van der Waals surface area contributed by atoms with Crippen LogP contribution in [0.2, 0.25) is 0 Å². The molecule has 3 aliphatic heterocycles. The van der Waals surface area contributed by atoms with Gasteiger partial charge >= 0.3 is 12.1 Å². The first-order valence-corrected chi connectivity index (χ1v) is 7.98. The Labute approximate surface area is 126 Å². The van der Waals surface area contributed by atoms with Gasteiger partial charge in [0.1, 0.15) is 6.61 Å². The van der Waals surface area contributed by atoms with Crippen LogP contribution in [0.15, 0.2) is 29.2 Å². The van der Waals surface area contributed by atoms with E-state index in [0.717, 1.165) is 4.90 Å². The summed E-state index contributed by atoms with van der Waals surface area (Å²) in [4.78, 5) is 24.4. The van der Waals surface area contributed by atoms with Crippen molar-refractivity contribution in [1.82, 2.24) is 4.90 Å². The molecular formula is C13H13NO7S. The van der Waals surface area contributed by atoms with Gasteiger partial charge in [0.2, 0.25) is 0 Å². The minimum absolute atomic E-state index is 0.0478. The fraction of sp³-hybridized carbons (Fsp3) is 0.385. The average molecular weight is 327 g/mol. The number of ether oxygens (including phenoxy) is 1. The summed E-state index contributed by atoms with van der Waals surface area (Å²) in [5.74, 6) is -1.54. The summed E-state index contributed by atoms with van der Waals surface area (Å²) in [6.07, 6.45) is -0.748. The lowest BCUT2D eigenvalue weighted by Gasteiger charge is -2.32. The van der Waals surface area contributed by atoms with E-state index in [1.807, 2.05) is 0 Å². The van der Waals surface area contributed by atoms with Crippen molar-refractivity contribution >= 4 is 22.2 Å². The van der Waals surface area contributed by atoms with Crippen LogP contribution in [0, 0.1) is 0 Å². The molecule has 4 rings (SSSR count). The number of benzene rings is 1. The fourth-order valence-electron chi connectivity index (χ4n) is 2.58. The van der Waals surface area contributed by atoms with E-state index in [-0.39, 0.29) is 24.5 Å². The number of carboxylic acids is 1. The van der Waals surface area contributed by atoms with Gasteiger partial charge in [0, 0.05) is 13.0 Å². The largest absolute Gasteiger partial charge is 0.478 e. The lowest BCUT2D eigenvalue weighted by Crippen LogP contribution is -2.56. The Hall–Kier alpha value is -2.13. The molecule has 0 spiro atoms. The van der Waals surface area contributed by atoms with Crippen LogP contribution in [0.25, 0.3) is 0 Å². The molecular weight excluding hydrogens is 314 g/mol. The Morgan fingerprint density at radius 2 is 1.95 bits per heavy atom. The van der Waals surface area contributed by atoms with Crippen molar-refractivity contribution in [2.24, 2.45) is 0 Å². The molecule has 1 N–H and O–H groups in total. The number of rotatable bonds is 1. The Morgan fingerprint density at radius 3 is 2.59 bits per heavy atom. The molecule has 0 unspecified atom stereocenters. The quantitative estimate of drug-likeness (QED) is 0.764. The molecule has 1 aromatic rings. The summed E-state index contributed by atoms with van der Waals surface area (Å²) in [7, 11) is -4.33. The molecule has 3 aliphatic rings. The van der Waals surface area contributed by atoms with E-state index in [0.29, 0.717) is 12.0 Å². The lowest BCUT2D eigenvalue weighted by atomic mass is 10.1. The zero-order chi connectivity index (χ0) is 16.0. The van der Waals surface area contributed by atoms with E-state index in [1.54, 1.807) is 0 Å². The van der Waals surface area contributed by atoms with Gasteiger partial charge in [-0.3, -0.25) is 4.90 Å². The minimum Gasteiger partial charge on any atom is -0.478 e. The van der Waals surface area contributed by atoms with Crippen LogP contribution < -0.4 is 0 Å². The Bertz CT molecular complexity index is 727. The number of hydrogen-bond acceptors (Lipinski definition) is 6. The molecule has 2 bridgehead atoms. The standard InChI is InChI=1S/C13H13NO7S/c15-11(16)13-6-1-7-14(13)12(17)20-8-9-2-4-10(5-3-9)22(18,19)21-13/h2-5H,1,6-8H2,(H,15,16)/t13-/m0/s1.